The molecule has 0 aliphatic heterocycles. The van der Waals surface area contributed by atoms with E-state index in [0.29, 0.717) is 30.0 Å². The van der Waals surface area contributed by atoms with Crippen molar-refractivity contribution in [2.24, 2.45) is 0 Å². The standard InChI is InChI=1S/C20H23ClN2O4/c1-14-13-16(21)9-10-18(14)27-12-4-7-19(25)22-23-20(26)11-8-15-5-2-3-6-17(15)24/h2-3,5-6,9-10,13,24H,4,7-8,11-12H2,1H3,(H,22,25)(H,23,26). The molecule has 27 heavy (non-hydrogen) atoms. The van der Waals surface area contributed by atoms with E-state index in [0.717, 1.165) is 11.3 Å². The molecule has 0 spiro atoms. The Hall–Kier alpha value is -2.73. The molecule has 0 bridgehead atoms. The second-order valence-electron chi connectivity index (χ2n) is 6.09. The largest absolute Gasteiger partial charge is 0.508 e. The van der Waals surface area contributed by atoms with Crippen LogP contribution in [0, 0.1) is 6.92 Å². The fraction of sp³-hybridized carbons (Fsp3) is 0.300. The van der Waals surface area contributed by atoms with Crippen molar-refractivity contribution in [2.75, 3.05) is 6.61 Å². The Balaban J connectivity index is 1.60. The van der Waals surface area contributed by atoms with Crippen LogP contribution in [0.15, 0.2) is 42.5 Å². The molecule has 144 valence electrons. The second kappa shape index (κ2) is 10.4. The van der Waals surface area contributed by atoms with Gasteiger partial charge in [-0.3, -0.25) is 20.4 Å². The third kappa shape index (κ3) is 7.19. The van der Waals surface area contributed by atoms with E-state index < -0.39 is 0 Å². The maximum Gasteiger partial charge on any atom is 0.238 e. The molecule has 2 amide bonds. The molecule has 0 aromatic heterocycles. The lowest BCUT2D eigenvalue weighted by molar-refractivity contribution is -0.129. The summed E-state index contributed by atoms with van der Waals surface area (Å²) in [6.07, 6.45) is 1.30. The van der Waals surface area contributed by atoms with Crippen molar-refractivity contribution < 1.29 is 19.4 Å². The molecule has 0 saturated carbocycles. The zero-order valence-corrected chi connectivity index (χ0v) is 15.9. The average molecular weight is 391 g/mol. The first-order valence-electron chi connectivity index (χ1n) is 8.69. The van der Waals surface area contributed by atoms with Crippen molar-refractivity contribution in [1.29, 1.82) is 0 Å². The number of phenolic OH excluding ortho intramolecular Hbond substituents is 1. The molecule has 0 radical (unpaired) electrons. The van der Waals surface area contributed by atoms with Crippen LogP contribution < -0.4 is 15.6 Å². The predicted octanol–water partition coefficient (Wildman–Crippen LogP) is 3.29. The van der Waals surface area contributed by atoms with E-state index in [2.05, 4.69) is 10.9 Å². The number of hydrogen-bond donors (Lipinski definition) is 3. The first kappa shape index (κ1) is 20.6. The van der Waals surface area contributed by atoms with Crippen LogP contribution >= 0.6 is 11.6 Å². The molecule has 0 heterocycles. The summed E-state index contributed by atoms with van der Waals surface area (Å²) in [4.78, 5) is 23.5. The molecular formula is C20H23ClN2O4. The Labute approximate surface area is 163 Å². The van der Waals surface area contributed by atoms with Crippen molar-refractivity contribution in [3.8, 4) is 11.5 Å². The number of benzene rings is 2. The van der Waals surface area contributed by atoms with Crippen molar-refractivity contribution >= 4 is 23.4 Å². The molecule has 2 aromatic carbocycles. The lowest BCUT2D eigenvalue weighted by Gasteiger charge is -2.10. The van der Waals surface area contributed by atoms with E-state index in [1.807, 2.05) is 13.0 Å². The van der Waals surface area contributed by atoms with Gasteiger partial charge < -0.3 is 9.84 Å². The average Bonchev–Trinajstić information content (AvgIpc) is 2.64. The molecule has 0 aliphatic carbocycles. The number of carbonyl (C=O) groups excluding carboxylic acids is 2. The Morgan fingerprint density at radius 2 is 1.78 bits per heavy atom. The number of halogens is 1. The van der Waals surface area contributed by atoms with Gasteiger partial charge in [0.2, 0.25) is 11.8 Å². The van der Waals surface area contributed by atoms with Crippen LogP contribution in [-0.4, -0.2) is 23.5 Å². The minimum atomic E-state index is -0.320. The van der Waals surface area contributed by atoms with E-state index in [-0.39, 0.29) is 30.4 Å². The Bertz CT molecular complexity index is 795. The minimum Gasteiger partial charge on any atom is -0.508 e. The number of aromatic hydroxyl groups is 1. The van der Waals surface area contributed by atoms with Gasteiger partial charge in [-0.1, -0.05) is 29.8 Å². The molecule has 7 heteroatoms. The topological polar surface area (TPSA) is 87.7 Å². The zero-order valence-electron chi connectivity index (χ0n) is 15.1. The van der Waals surface area contributed by atoms with Gasteiger partial charge in [0, 0.05) is 17.9 Å². The predicted molar refractivity (Wildman–Crippen MR) is 104 cm³/mol. The normalized spacial score (nSPS) is 10.3. The van der Waals surface area contributed by atoms with Gasteiger partial charge in [-0.05, 0) is 55.2 Å². The smallest absolute Gasteiger partial charge is 0.238 e. The van der Waals surface area contributed by atoms with Crippen LogP contribution in [0.4, 0.5) is 0 Å². The van der Waals surface area contributed by atoms with Crippen molar-refractivity contribution in [3.63, 3.8) is 0 Å². The lowest BCUT2D eigenvalue weighted by atomic mass is 10.1. The van der Waals surface area contributed by atoms with E-state index in [1.165, 1.54) is 0 Å². The maximum atomic E-state index is 11.8. The van der Waals surface area contributed by atoms with Gasteiger partial charge in [0.05, 0.1) is 6.61 Å². The number of ether oxygens (including phenoxy) is 1. The Kier molecular flexibility index (Phi) is 7.95. The molecule has 2 aromatic rings. The van der Waals surface area contributed by atoms with Gasteiger partial charge in [0.1, 0.15) is 11.5 Å². The van der Waals surface area contributed by atoms with Gasteiger partial charge in [0.25, 0.3) is 0 Å². The van der Waals surface area contributed by atoms with Gasteiger partial charge in [-0.25, -0.2) is 0 Å². The molecule has 3 N–H and O–H groups in total. The third-order valence-corrected chi connectivity index (χ3v) is 4.13. The highest BCUT2D eigenvalue weighted by atomic mass is 35.5. The summed E-state index contributed by atoms with van der Waals surface area (Å²) < 4.78 is 5.62. The molecule has 2 rings (SSSR count). The molecule has 6 nitrogen and oxygen atoms in total. The Morgan fingerprint density at radius 3 is 2.48 bits per heavy atom. The number of hydrazine groups is 1. The van der Waals surface area contributed by atoms with Crippen LogP contribution in [0.3, 0.4) is 0 Å². The summed E-state index contributed by atoms with van der Waals surface area (Å²) in [5.41, 5.74) is 6.37. The van der Waals surface area contributed by atoms with Crippen LogP contribution in [-0.2, 0) is 16.0 Å². The van der Waals surface area contributed by atoms with Crippen LogP contribution in [0.5, 0.6) is 11.5 Å². The molecule has 0 unspecified atom stereocenters. The van der Waals surface area contributed by atoms with E-state index in [1.54, 1.807) is 36.4 Å². The number of phenols is 1. The summed E-state index contributed by atoms with van der Waals surface area (Å²) in [5.74, 6) is 0.282. The molecule has 0 aliphatic rings. The van der Waals surface area contributed by atoms with Gasteiger partial charge in [0.15, 0.2) is 0 Å². The summed E-state index contributed by atoms with van der Waals surface area (Å²) >= 11 is 5.89. The van der Waals surface area contributed by atoms with E-state index >= 15 is 0 Å². The lowest BCUT2D eigenvalue weighted by Crippen LogP contribution is -2.41. The highest BCUT2D eigenvalue weighted by Gasteiger charge is 2.07. The summed E-state index contributed by atoms with van der Waals surface area (Å²) in [7, 11) is 0. The van der Waals surface area contributed by atoms with Crippen LogP contribution in [0.2, 0.25) is 5.02 Å². The molecule has 0 fully saturated rings. The fourth-order valence-corrected chi connectivity index (χ4v) is 2.65. The molecule has 0 saturated heterocycles. The number of aryl methyl sites for hydroxylation is 2. The quantitative estimate of drug-likeness (QED) is 0.476. The van der Waals surface area contributed by atoms with Gasteiger partial charge in [-0.2, -0.15) is 0 Å². The van der Waals surface area contributed by atoms with Gasteiger partial charge in [-0.15, -0.1) is 0 Å². The number of hydrogen-bond acceptors (Lipinski definition) is 4. The number of nitrogens with one attached hydrogen (secondary N) is 2. The first-order chi connectivity index (χ1) is 13.0. The van der Waals surface area contributed by atoms with E-state index in [9.17, 15) is 14.7 Å². The number of carbonyl (C=O) groups is 2. The van der Waals surface area contributed by atoms with E-state index in [4.69, 9.17) is 16.3 Å². The molecular weight excluding hydrogens is 368 g/mol. The number of para-hydroxylation sites is 1. The minimum absolute atomic E-state index is 0.158. The van der Waals surface area contributed by atoms with Crippen molar-refractivity contribution in [2.45, 2.75) is 32.6 Å². The number of amides is 2. The highest BCUT2D eigenvalue weighted by Crippen LogP contribution is 2.22. The summed E-state index contributed by atoms with van der Waals surface area (Å²) in [6.45, 7) is 2.29. The monoisotopic (exact) mass is 390 g/mol. The highest BCUT2D eigenvalue weighted by molar-refractivity contribution is 6.30. The van der Waals surface area contributed by atoms with Crippen LogP contribution in [0.25, 0.3) is 0 Å². The molecule has 0 atom stereocenters. The second-order valence-corrected chi connectivity index (χ2v) is 6.52. The summed E-state index contributed by atoms with van der Waals surface area (Å²) in [6, 6.07) is 12.2. The van der Waals surface area contributed by atoms with Crippen molar-refractivity contribution in [1.82, 2.24) is 10.9 Å². The zero-order chi connectivity index (χ0) is 19.6. The fourth-order valence-electron chi connectivity index (χ4n) is 2.42. The number of rotatable bonds is 8. The Morgan fingerprint density at radius 1 is 1.07 bits per heavy atom. The van der Waals surface area contributed by atoms with Crippen molar-refractivity contribution in [3.05, 3.63) is 58.6 Å². The van der Waals surface area contributed by atoms with Gasteiger partial charge >= 0.3 is 0 Å². The first-order valence-corrected chi connectivity index (χ1v) is 9.07. The third-order valence-electron chi connectivity index (χ3n) is 3.90. The summed E-state index contributed by atoms with van der Waals surface area (Å²) in [5, 5.41) is 10.3. The van der Waals surface area contributed by atoms with Crippen LogP contribution in [0.1, 0.15) is 30.4 Å². The SMILES string of the molecule is Cc1cc(Cl)ccc1OCCCC(=O)NNC(=O)CCc1ccccc1O. The maximum absolute atomic E-state index is 11.8.